The first kappa shape index (κ1) is 8.13. The van der Waals surface area contributed by atoms with Crippen molar-refractivity contribution in [3.8, 4) is 0 Å². The van der Waals surface area contributed by atoms with Crippen LogP contribution in [-0.2, 0) is 0 Å². The number of pyridine rings is 1. The maximum atomic E-state index is 10.1. The van der Waals surface area contributed by atoms with Gasteiger partial charge in [-0.25, -0.2) is 4.98 Å². The number of hydrogen-bond acceptors (Lipinski definition) is 4. The van der Waals surface area contributed by atoms with Crippen LogP contribution in [0.3, 0.4) is 0 Å². The Morgan fingerprint density at radius 3 is 2.91 bits per heavy atom. The molecule has 11 heavy (non-hydrogen) atoms. The number of aryl methyl sites for hydroxylation is 1. The fourth-order valence-corrected chi connectivity index (χ4v) is 0.988. The number of nitrogens with zero attached hydrogens (tertiary/aromatic N) is 2. The minimum atomic E-state index is 0.311. The molecule has 4 nitrogen and oxygen atoms in total. The molecule has 1 heterocycles. The average Bonchev–Trinajstić information content (AvgIpc) is 1.97. The number of aromatic nitrogens is 1. The fourth-order valence-electron chi connectivity index (χ4n) is 0.682. The van der Waals surface area contributed by atoms with Crippen molar-refractivity contribution in [2.45, 2.75) is 6.92 Å². The van der Waals surface area contributed by atoms with E-state index >= 15 is 0 Å². The Bertz CT molecular complexity index is 300. The lowest BCUT2D eigenvalue weighted by atomic mass is 10.3. The first-order valence-electron chi connectivity index (χ1n) is 2.91. The zero-order valence-electron chi connectivity index (χ0n) is 5.84. The summed E-state index contributed by atoms with van der Waals surface area (Å²) < 4.78 is 0.595. The third-order valence-corrected chi connectivity index (χ3v) is 1.90. The van der Waals surface area contributed by atoms with E-state index in [-0.39, 0.29) is 0 Å². The van der Waals surface area contributed by atoms with Crippen molar-refractivity contribution in [1.82, 2.24) is 4.98 Å². The van der Waals surface area contributed by atoms with Crippen molar-refractivity contribution < 1.29 is 0 Å². The lowest BCUT2D eigenvalue weighted by Crippen LogP contribution is -1.93. The molecule has 1 aromatic rings. The highest BCUT2D eigenvalue weighted by molar-refractivity contribution is 9.10. The van der Waals surface area contributed by atoms with Crippen LogP contribution >= 0.6 is 15.9 Å². The number of hydrogen-bond donors (Lipinski definition) is 1. The van der Waals surface area contributed by atoms with Crippen molar-refractivity contribution in [2.75, 3.05) is 5.73 Å². The third-order valence-electron chi connectivity index (χ3n) is 1.27. The molecular weight excluding hydrogens is 210 g/mol. The summed E-state index contributed by atoms with van der Waals surface area (Å²) in [4.78, 5) is 14.0. The highest BCUT2D eigenvalue weighted by Gasteiger charge is 2.03. The predicted octanol–water partition coefficient (Wildman–Crippen LogP) is 2.13. The predicted molar refractivity (Wildman–Crippen MR) is 46.5 cm³/mol. The molecule has 0 unspecified atom stereocenters. The molecule has 0 amide bonds. The van der Waals surface area contributed by atoms with Gasteiger partial charge in [0.1, 0.15) is 11.5 Å². The summed E-state index contributed by atoms with van der Waals surface area (Å²) in [5, 5.41) is 2.77. The van der Waals surface area contributed by atoms with E-state index in [9.17, 15) is 4.91 Å². The van der Waals surface area contributed by atoms with Gasteiger partial charge in [-0.1, -0.05) is 0 Å². The lowest BCUT2D eigenvalue weighted by molar-refractivity contribution is 1.18. The van der Waals surface area contributed by atoms with E-state index in [1.807, 2.05) is 0 Å². The van der Waals surface area contributed by atoms with Crippen LogP contribution < -0.4 is 5.73 Å². The molecule has 0 saturated heterocycles. The molecule has 0 aliphatic heterocycles. The monoisotopic (exact) mass is 215 g/mol. The molecular formula is C6H6BrN3O. The van der Waals surface area contributed by atoms with Crippen LogP contribution in [0.5, 0.6) is 0 Å². The van der Waals surface area contributed by atoms with Crippen LogP contribution in [0, 0.1) is 11.8 Å². The molecule has 0 saturated carbocycles. The van der Waals surface area contributed by atoms with Crippen LogP contribution in [0.4, 0.5) is 11.5 Å². The summed E-state index contributed by atoms with van der Waals surface area (Å²) in [6, 6.07) is 1.55. The van der Waals surface area contributed by atoms with Gasteiger partial charge in [-0.05, 0) is 34.1 Å². The maximum Gasteiger partial charge on any atom is 0.138 e. The van der Waals surface area contributed by atoms with E-state index in [1.54, 1.807) is 13.0 Å². The van der Waals surface area contributed by atoms with Gasteiger partial charge in [-0.15, -0.1) is 4.91 Å². The molecule has 0 aromatic carbocycles. The smallest absolute Gasteiger partial charge is 0.138 e. The Morgan fingerprint density at radius 2 is 2.36 bits per heavy atom. The Hall–Kier alpha value is -0.970. The van der Waals surface area contributed by atoms with Crippen molar-refractivity contribution in [2.24, 2.45) is 5.18 Å². The Balaban J connectivity index is 3.31. The molecule has 0 radical (unpaired) electrons. The third kappa shape index (κ3) is 1.54. The van der Waals surface area contributed by atoms with Gasteiger partial charge in [-0.3, -0.25) is 0 Å². The van der Waals surface area contributed by atoms with E-state index in [0.717, 1.165) is 0 Å². The molecule has 1 rings (SSSR count). The van der Waals surface area contributed by atoms with E-state index in [1.165, 1.54) is 0 Å². The second-order valence-corrected chi connectivity index (χ2v) is 2.91. The SMILES string of the molecule is Cc1nc(N)c(Br)cc1N=O. The molecule has 0 aliphatic rings. The first-order valence-corrected chi connectivity index (χ1v) is 3.70. The van der Waals surface area contributed by atoms with Gasteiger partial charge in [0, 0.05) is 0 Å². The Kier molecular flexibility index (Phi) is 2.19. The van der Waals surface area contributed by atoms with Crippen LogP contribution in [0.15, 0.2) is 15.7 Å². The second kappa shape index (κ2) is 2.96. The molecule has 0 atom stereocenters. The molecule has 0 fully saturated rings. The molecule has 0 spiro atoms. The number of nitroso groups, excluding NO2 is 1. The molecule has 1 aromatic heterocycles. The molecule has 58 valence electrons. The summed E-state index contributed by atoms with van der Waals surface area (Å²) in [7, 11) is 0. The first-order chi connectivity index (χ1) is 5.15. The van der Waals surface area contributed by atoms with Gasteiger partial charge in [0.05, 0.1) is 10.2 Å². The standard InChI is InChI=1S/C6H6BrN3O/c1-3-5(10-11)2-4(7)6(8)9-3/h2H,1H3,(H2,8,9). The number of nitrogen functional groups attached to an aromatic ring is 1. The molecule has 2 N–H and O–H groups in total. The Labute approximate surface area is 71.9 Å². The second-order valence-electron chi connectivity index (χ2n) is 2.05. The van der Waals surface area contributed by atoms with Gasteiger partial charge in [0.15, 0.2) is 0 Å². The number of anilines is 1. The minimum absolute atomic E-state index is 0.311. The van der Waals surface area contributed by atoms with Crippen LogP contribution in [-0.4, -0.2) is 4.98 Å². The van der Waals surface area contributed by atoms with Crippen LogP contribution in [0.25, 0.3) is 0 Å². The van der Waals surface area contributed by atoms with Crippen molar-refractivity contribution in [1.29, 1.82) is 0 Å². The normalized spacial score (nSPS) is 9.64. The summed E-state index contributed by atoms with van der Waals surface area (Å²) >= 11 is 3.13. The lowest BCUT2D eigenvalue weighted by Gasteiger charge is -1.99. The largest absolute Gasteiger partial charge is 0.383 e. The Morgan fingerprint density at radius 1 is 1.73 bits per heavy atom. The average molecular weight is 216 g/mol. The van der Waals surface area contributed by atoms with Crippen LogP contribution in [0.2, 0.25) is 0 Å². The minimum Gasteiger partial charge on any atom is -0.383 e. The zero-order chi connectivity index (χ0) is 8.43. The maximum absolute atomic E-state index is 10.1. The quantitative estimate of drug-likeness (QED) is 0.731. The molecule has 0 aliphatic carbocycles. The summed E-state index contributed by atoms with van der Waals surface area (Å²) in [5.74, 6) is 0.370. The highest BCUT2D eigenvalue weighted by Crippen LogP contribution is 2.25. The summed E-state index contributed by atoms with van der Waals surface area (Å²) in [6.45, 7) is 1.68. The van der Waals surface area contributed by atoms with E-state index in [4.69, 9.17) is 5.73 Å². The number of rotatable bonds is 1. The molecule has 0 bridgehead atoms. The highest BCUT2D eigenvalue weighted by atomic mass is 79.9. The number of nitrogens with two attached hydrogens (primary N) is 1. The van der Waals surface area contributed by atoms with Crippen molar-refractivity contribution in [3.63, 3.8) is 0 Å². The molecule has 5 heteroatoms. The van der Waals surface area contributed by atoms with Gasteiger partial charge in [0.2, 0.25) is 0 Å². The van der Waals surface area contributed by atoms with Gasteiger partial charge in [-0.2, -0.15) is 0 Å². The topological polar surface area (TPSA) is 68.3 Å². The van der Waals surface area contributed by atoms with Gasteiger partial charge < -0.3 is 5.73 Å². The van der Waals surface area contributed by atoms with Crippen molar-refractivity contribution in [3.05, 3.63) is 21.1 Å². The van der Waals surface area contributed by atoms with Gasteiger partial charge >= 0.3 is 0 Å². The zero-order valence-corrected chi connectivity index (χ0v) is 7.42. The van der Waals surface area contributed by atoms with Crippen molar-refractivity contribution >= 4 is 27.4 Å². The van der Waals surface area contributed by atoms with E-state index in [2.05, 4.69) is 26.1 Å². The van der Waals surface area contributed by atoms with E-state index in [0.29, 0.717) is 21.7 Å². The van der Waals surface area contributed by atoms with Gasteiger partial charge in [0.25, 0.3) is 0 Å². The summed E-state index contributed by atoms with van der Waals surface area (Å²) in [5.41, 5.74) is 6.30. The van der Waals surface area contributed by atoms with E-state index < -0.39 is 0 Å². The van der Waals surface area contributed by atoms with Crippen LogP contribution in [0.1, 0.15) is 5.69 Å². The summed E-state index contributed by atoms with van der Waals surface area (Å²) in [6.07, 6.45) is 0. The number of halogens is 1. The fraction of sp³-hybridized carbons (Fsp3) is 0.167.